The van der Waals surface area contributed by atoms with Crippen LogP contribution in [0.5, 0.6) is 17.2 Å². The lowest BCUT2D eigenvalue weighted by Gasteiger charge is -2.15. The average Bonchev–Trinajstić information content (AvgIpc) is 3.20. The number of benzene rings is 3. The Kier molecular flexibility index (Phi) is 6.31. The van der Waals surface area contributed by atoms with E-state index < -0.39 is 0 Å². The van der Waals surface area contributed by atoms with Crippen LogP contribution in [-0.2, 0) is 13.1 Å². The van der Waals surface area contributed by atoms with Crippen LogP contribution in [0.2, 0.25) is 0 Å². The quantitative estimate of drug-likeness (QED) is 0.442. The number of amides is 1. The summed E-state index contributed by atoms with van der Waals surface area (Å²) in [5.74, 6) is 1.47. The molecule has 0 unspecified atom stereocenters. The zero-order chi connectivity index (χ0) is 22.5. The zero-order valence-corrected chi connectivity index (χ0v) is 18.4. The minimum atomic E-state index is -0.147. The maximum Gasteiger partial charge on any atom is 0.268 e. The van der Waals surface area contributed by atoms with Gasteiger partial charge in [-0.1, -0.05) is 48.5 Å². The topological polar surface area (TPSA) is 61.7 Å². The predicted octanol–water partition coefficient (Wildman–Crippen LogP) is 4.65. The number of para-hydroxylation sites is 1. The number of aromatic nitrogens is 1. The van der Waals surface area contributed by atoms with Crippen LogP contribution in [0.15, 0.2) is 72.8 Å². The van der Waals surface area contributed by atoms with Gasteiger partial charge < -0.3 is 24.1 Å². The van der Waals surface area contributed by atoms with Gasteiger partial charge in [0.15, 0.2) is 11.5 Å². The second kappa shape index (κ2) is 9.47. The molecule has 0 aliphatic carbocycles. The van der Waals surface area contributed by atoms with Crippen LogP contribution < -0.4 is 19.5 Å². The van der Waals surface area contributed by atoms with Gasteiger partial charge in [-0.25, -0.2) is 0 Å². The molecule has 0 spiro atoms. The number of rotatable bonds is 8. The first kappa shape index (κ1) is 21.3. The highest BCUT2D eigenvalue weighted by Gasteiger charge is 2.17. The molecule has 6 heteroatoms. The fraction of sp³-hybridized carbons (Fsp3) is 0.192. The van der Waals surface area contributed by atoms with Crippen LogP contribution in [0.1, 0.15) is 21.6 Å². The first-order chi connectivity index (χ1) is 15.6. The maximum atomic E-state index is 13.2. The molecule has 0 fully saturated rings. The Labute approximate surface area is 187 Å². The summed E-state index contributed by atoms with van der Waals surface area (Å²) in [6.45, 7) is 0.934. The van der Waals surface area contributed by atoms with Gasteiger partial charge in [0, 0.05) is 24.0 Å². The smallest absolute Gasteiger partial charge is 0.268 e. The number of methoxy groups -OCH3 is 3. The summed E-state index contributed by atoms with van der Waals surface area (Å²) in [5.41, 5.74) is 3.61. The molecule has 0 radical (unpaired) electrons. The van der Waals surface area contributed by atoms with E-state index in [1.807, 2.05) is 60.7 Å². The fourth-order valence-electron chi connectivity index (χ4n) is 3.85. The molecule has 0 aliphatic rings. The summed E-state index contributed by atoms with van der Waals surface area (Å²) in [4.78, 5) is 13.2. The van der Waals surface area contributed by atoms with Gasteiger partial charge in [0.1, 0.15) is 5.69 Å². The lowest BCUT2D eigenvalue weighted by molar-refractivity contribution is 0.0942. The van der Waals surface area contributed by atoms with Gasteiger partial charge in [0.25, 0.3) is 5.91 Å². The van der Waals surface area contributed by atoms with Crippen molar-refractivity contribution in [3.63, 3.8) is 0 Å². The molecule has 0 saturated carbocycles. The lowest BCUT2D eigenvalue weighted by atomic mass is 10.1. The van der Waals surface area contributed by atoms with Crippen LogP contribution >= 0.6 is 0 Å². The van der Waals surface area contributed by atoms with Crippen molar-refractivity contribution in [3.8, 4) is 17.2 Å². The molecule has 1 N–H and O–H groups in total. The molecule has 32 heavy (non-hydrogen) atoms. The van der Waals surface area contributed by atoms with Crippen molar-refractivity contribution in [1.82, 2.24) is 9.88 Å². The Morgan fingerprint density at radius 1 is 0.812 bits per heavy atom. The van der Waals surface area contributed by atoms with E-state index in [2.05, 4.69) is 22.0 Å². The van der Waals surface area contributed by atoms with Crippen molar-refractivity contribution in [2.45, 2.75) is 13.1 Å². The summed E-state index contributed by atoms with van der Waals surface area (Å²) in [7, 11) is 4.71. The largest absolute Gasteiger partial charge is 0.493 e. The number of ether oxygens (including phenoxy) is 3. The predicted molar refractivity (Wildman–Crippen MR) is 125 cm³/mol. The van der Waals surface area contributed by atoms with Crippen molar-refractivity contribution >= 4 is 16.8 Å². The molecule has 0 aliphatic heterocycles. The van der Waals surface area contributed by atoms with E-state index >= 15 is 0 Å². The summed E-state index contributed by atoms with van der Waals surface area (Å²) in [6, 6.07) is 23.7. The van der Waals surface area contributed by atoms with E-state index in [0.717, 1.165) is 22.0 Å². The molecule has 0 atom stereocenters. The third-order valence-electron chi connectivity index (χ3n) is 5.40. The van der Waals surface area contributed by atoms with E-state index in [4.69, 9.17) is 14.2 Å². The normalized spacial score (nSPS) is 10.7. The second-order valence-corrected chi connectivity index (χ2v) is 7.38. The molecule has 6 nitrogen and oxygen atoms in total. The highest BCUT2D eigenvalue weighted by Crippen LogP contribution is 2.38. The Morgan fingerprint density at radius 2 is 1.47 bits per heavy atom. The summed E-state index contributed by atoms with van der Waals surface area (Å²) < 4.78 is 18.3. The standard InChI is InChI=1S/C26H26N2O4/c1-30-23-13-19(14-24(31-2)25(23)32-3)16-27-26(29)22-15-20-11-7-8-12-21(20)28(22)17-18-9-5-4-6-10-18/h4-15H,16-17H2,1-3H3,(H,27,29). The fourth-order valence-corrected chi connectivity index (χ4v) is 3.85. The Bertz CT molecular complexity index is 1210. The van der Waals surface area contributed by atoms with Crippen molar-refractivity contribution in [2.24, 2.45) is 0 Å². The van der Waals surface area contributed by atoms with Gasteiger partial charge in [-0.2, -0.15) is 0 Å². The van der Waals surface area contributed by atoms with E-state index in [-0.39, 0.29) is 5.91 Å². The van der Waals surface area contributed by atoms with Gasteiger partial charge >= 0.3 is 0 Å². The number of hydrogen-bond donors (Lipinski definition) is 1. The van der Waals surface area contributed by atoms with Gasteiger partial charge in [0.05, 0.1) is 21.3 Å². The summed E-state index contributed by atoms with van der Waals surface area (Å²) >= 11 is 0. The first-order valence-electron chi connectivity index (χ1n) is 10.3. The molecule has 164 valence electrons. The third-order valence-corrected chi connectivity index (χ3v) is 5.40. The molecule has 0 bridgehead atoms. The van der Waals surface area contributed by atoms with Crippen LogP contribution in [0.25, 0.3) is 10.9 Å². The molecule has 1 heterocycles. The minimum absolute atomic E-state index is 0.147. The SMILES string of the molecule is COc1cc(CNC(=O)c2cc3ccccc3n2Cc2ccccc2)cc(OC)c1OC. The average molecular weight is 431 g/mol. The number of fused-ring (bicyclic) bond motifs is 1. The van der Waals surface area contributed by atoms with Crippen molar-refractivity contribution in [1.29, 1.82) is 0 Å². The Hall–Kier alpha value is -3.93. The monoisotopic (exact) mass is 430 g/mol. The molecule has 4 rings (SSSR count). The zero-order valence-electron chi connectivity index (χ0n) is 18.4. The summed E-state index contributed by atoms with van der Waals surface area (Å²) in [6.07, 6.45) is 0. The third kappa shape index (κ3) is 4.25. The van der Waals surface area contributed by atoms with Crippen LogP contribution in [0, 0.1) is 0 Å². The van der Waals surface area contributed by atoms with Crippen LogP contribution in [0.4, 0.5) is 0 Å². The highest BCUT2D eigenvalue weighted by atomic mass is 16.5. The maximum absolute atomic E-state index is 13.2. The van der Waals surface area contributed by atoms with Gasteiger partial charge in [0.2, 0.25) is 5.75 Å². The molecular weight excluding hydrogens is 404 g/mol. The number of nitrogens with zero attached hydrogens (tertiary/aromatic N) is 1. The molecule has 1 aromatic heterocycles. The number of carbonyl (C=O) groups excluding carboxylic acids is 1. The van der Waals surface area contributed by atoms with Gasteiger partial charge in [-0.3, -0.25) is 4.79 Å². The number of carbonyl (C=O) groups is 1. The van der Waals surface area contributed by atoms with Crippen molar-refractivity contribution in [3.05, 3.63) is 89.6 Å². The Morgan fingerprint density at radius 3 is 2.12 bits per heavy atom. The second-order valence-electron chi connectivity index (χ2n) is 7.38. The van der Waals surface area contributed by atoms with Gasteiger partial charge in [-0.05, 0) is 35.4 Å². The first-order valence-corrected chi connectivity index (χ1v) is 10.3. The summed E-state index contributed by atoms with van der Waals surface area (Å²) in [5, 5.41) is 4.06. The number of nitrogens with one attached hydrogen (secondary N) is 1. The molecule has 3 aromatic carbocycles. The molecule has 1 amide bonds. The number of hydrogen-bond acceptors (Lipinski definition) is 4. The van der Waals surface area contributed by atoms with Crippen molar-refractivity contribution < 1.29 is 19.0 Å². The molecule has 4 aromatic rings. The Balaban J connectivity index is 1.61. The highest BCUT2D eigenvalue weighted by molar-refractivity contribution is 5.98. The van der Waals surface area contributed by atoms with Crippen molar-refractivity contribution in [2.75, 3.05) is 21.3 Å². The van der Waals surface area contributed by atoms with E-state index in [9.17, 15) is 4.79 Å². The molecular formula is C26H26N2O4. The van der Waals surface area contributed by atoms with Crippen LogP contribution in [0.3, 0.4) is 0 Å². The van der Waals surface area contributed by atoms with Crippen LogP contribution in [-0.4, -0.2) is 31.8 Å². The van der Waals surface area contributed by atoms with E-state index in [1.54, 1.807) is 21.3 Å². The molecule has 0 saturated heterocycles. The van der Waals surface area contributed by atoms with E-state index in [0.29, 0.717) is 36.0 Å². The lowest BCUT2D eigenvalue weighted by Crippen LogP contribution is -2.25. The van der Waals surface area contributed by atoms with E-state index in [1.165, 1.54) is 0 Å². The van der Waals surface area contributed by atoms with Gasteiger partial charge in [-0.15, -0.1) is 0 Å². The minimum Gasteiger partial charge on any atom is -0.493 e.